The molecule has 0 aliphatic carbocycles. The molecule has 0 radical (unpaired) electrons. The number of benzene rings is 1. The second-order valence-electron chi connectivity index (χ2n) is 7.81. The molecule has 1 aromatic carbocycles. The molecule has 0 spiro atoms. The van der Waals surface area contributed by atoms with Crippen molar-refractivity contribution in [3.63, 3.8) is 0 Å². The maximum absolute atomic E-state index is 12.2. The quantitative estimate of drug-likeness (QED) is 0.716. The first kappa shape index (κ1) is 21.3. The third kappa shape index (κ3) is 4.78. The minimum absolute atomic E-state index is 0.175. The minimum atomic E-state index is -0.254. The Bertz CT molecular complexity index is 849. The smallest absolute Gasteiger partial charge is 0.323 e. The number of carbonyl (C=O) groups excluding carboxylic acids is 1. The standard InChI is InChI=1S/C22H32N4O3/c1-6-14(2)20(21(27)29-5)24-16-9-11-26(12-10-16)22-23-15(3)18-13-17(28-4)7-8-19(18)25-22/h7-8,13-14,16,20,24H,6,9-12H2,1-5H3/t14-,20-/m0/s1. The van der Waals surface area contributed by atoms with Gasteiger partial charge in [-0.15, -0.1) is 0 Å². The summed E-state index contributed by atoms with van der Waals surface area (Å²) in [4.78, 5) is 23.9. The number of rotatable bonds is 7. The van der Waals surface area contributed by atoms with Crippen molar-refractivity contribution in [3.8, 4) is 5.75 Å². The number of piperidine rings is 1. The van der Waals surface area contributed by atoms with Gasteiger partial charge >= 0.3 is 5.97 Å². The summed E-state index contributed by atoms with van der Waals surface area (Å²) < 4.78 is 10.3. The van der Waals surface area contributed by atoms with E-state index in [1.165, 1.54) is 7.11 Å². The Balaban J connectivity index is 1.68. The van der Waals surface area contributed by atoms with E-state index in [2.05, 4.69) is 24.1 Å². The second kappa shape index (κ2) is 9.39. The van der Waals surface area contributed by atoms with E-state index >= 15 is 0 Å². The van der Waals surface area contributed by atoms with Crippen LogP contribution in [0.15, 0.2) is 18.2 Å². The van der Waals surface area contributed by atoms with Gasteiger partial charge in [-0.05, 0) is 43.9 Å². The van der Waals surface area contributed by atoms with Gasteiger partial charge in [0.05, 0.1) is 25.4 Å². The van der Waals surface area contributed by atoms with Gasteiger partial charge in [0, 0.05) is 24.5 Å². The maximum Gasteiger partial charge on any atom is 0.323 e. The molecule has 2 aromatic rings. The van der Waals surface area contributed by atoms with Gasteiger partial charge in [-0.3, -0.25) is 4.79 Å². The Hall–Kier alpha value is -2.41. The zero-order valence-electron chi connectivity index (χ0n) is 18.1. The first-order valence-corrected chi connectivity index (χ1v) is 10.4. The fourth-order valence-electron chi connectivity index (χ4n) is 3.84. The summed E-state index contributed by atoms with van der Waals surface area (Å²) in [5, 5.41) is 4.54. The lowest BCUT2D eigenvalue weighted by atomic mass is 9.96. The molecule has 2 heterocycles. The molecule has 0 amide bonds. The van der Waals surface area contributed by atoms with E-state index in [-0.39, 0.29) is 24.0 Å². The molecule has 0 bridgehead atoms. The van der Waals surface area contributed by atoms with Crippen LogP contribution in [-0.2, 0) is 9.53 Å². The van der Waals surface area contributed by atoms with E-state index in [1.54, 1.807) is 7.11 Å². The summed E-state index contributed by atoms with van der Waals surface area (Å²) in [7, 11) is 3.12. The Labute approximate surface area is 172 Å². The fraction of sp³-hybridized carbons (Fsp3) is 0.591. The van der Waals surface area contributed by atoms with Crippen molar-refractivity contribution in [2.24, 2.45) is 5.92 Å². The van der Waals surface area contributed by atoms with Gasteiger partial charge in [0.15, 0.2) is 0 Å². The van der Waals surface area contributed by atoms with Crippen LogP contribution < -0.4 is 15.0 Å². The van der Waals surface area contributed by atoms with Gasteiger partial charge in [0.2, 0.25) is 5.95 Å². The highest BCUT2D eigenvalue weighted by Gasteiger charge is 2.30. The van der Waals surface area contributed by atoms with Crippen molar-refractivity contribution in [1.82, 2.24) is 15.3 Å². The van der Waals surface area contributed by atoms with Gasteiger partial charge in [-0.1, -0.05) is 20.3 Å². The molecular formula is C22H32N4O3. The minimum Gasteiger partial charge on any atom is -0.497 e. The molecule has 2 atom stereocenters. The van der Waals surface area contributed by atoms with Crippen LogP contribution in [0.5, 0.6) is 5.75 Å². The molecule has 158 valence electrons. The van der Waals surface area contributed by atoms with E-state index in [9.17, 15) is 4.79 Å². The number of hydrogen-bond acceptors (Lipinski definition) is 7. The van der Waals surface area contributed by atoms with Crippen LogP contribution in [0.3, 0.4) is 0 Å². The molecule has 7 heteroatoms. The van der Waals surface area contributed by atoms with Crippen molar-refractivity contribution in [3.05, 3.63) is 23.9 Å². The highest BCUT2D eigenvalue weighted by molar-refractivity contribution is 5.83. The first-order chi connectivity index (χ1) is 14.0. The normalized spacial score (nSPS) is 17.2. The summed E-state index contributed by atoms with van der Waals surface area (Å²) in [6.45, 7) is 7.90. The van der Waals surface area contributed by atoms with Gasteiger partial charge in [-0.2, -0.15) is 0 Å². The number of ether oxygens (including phenoxy) is 2. The summed E-state index contributed by atoms with van der Waals surface area (Å²) in [5.74, 6) is 1.64. The lowest BCUT2D eigenvalue weighted by Gasteiger charge is -2.35. The zero-order valence-corrected chi connectivity index (χ0v) is 18.1. The van der Waals surface area contributed by atoms with Crippen LogP contribution in [0.1, 0.15) is 38.8 Å². The topological polar surface area (TPSA) is 76.6 Å². The van der Waals surface area contributed by atoms with E-state index in [1.807, 2.05) is 25.1 Å². The Morgan fingerprint density at radius 3 is 2.62 bits per heavy atom. The van der Waals surface area contributed by atoms with Crippen LogP contribution in [-0.4, -0.2) is 55.3 Å². The summed E-state index contributed by atoms with van der Waals surface area (Å²) >= 11 is 0. The van der Waals surface area contributed by atoms with Crippen LogP contribution in [0.25, 0.3) is 10.9 Å². The van der Waals surface area contributed by atoms with Crippen molar-refractivity contribution in [1.29, 1.82) is 0 Å². The SMILES string of the molecule is CC[C@H](C)[C@H](NC1CCN(c2nc(C)c3cc(OC)ccc3n2)CC1)C(=O)OC. The molecular weight excluding hydrogens is 368 g/mol. The van der Waals surface area contributed by atoms with Crippen LogP contribution >= 0.6 is 0 Å². The van der Waals surface area contributed by atoms with E-state index in [0.29, 0.717) is 0 Å². The lowest BCUT2D eigenvalue weighted by Crippen LogP contribution is -2.51. The third-order valence-corrected chi connectivity index (χ3v) is 5.94. The van der Waals surface area contributed by atoms with E-state index < -0.39 is 0 Å². The molecule has 1 saturated heterocycles. The van der Waals surface area contributed by atoms with Crippen LogP contribution in [0.4, 0.5) is 5.95 Å². The molecule has 1 aromatic heterocycles. The maximum atomic E-state index is 12.2. The summed E-state index contributed by atoms with van der Waals surface area (Å²) in [5.41, 5.74) is 1.88. The average Bonchev–Trinajstić information content (AvgIpc) is 2.76. The van der Waals surface area contributed by atoms with E-state index in [4.69, 9.17) is 19.4 Å². The largest absolute Gasteiger partial charge is 0.497 e. The number of fused-ring (bicyclic) bond motifs is 1. The van der Waals surface area contributed by atoms with E-state index in [0.717, 1.165) is 60.6 Å². The highest BCUT2D eigenvalue weighted by atomic mass is 16.5. The Morgan fingerprint density at radius 1 is 1.28 bits per heavy atom. The summed E-state index contributed by atoms with van der Waals surface area (Å²) in [6.07, 6.45) is 2.81. The predicted molar refractivity (Wildman–Crippen MR) is 114 cm³/mol. The molecule has 1 N–H and O–H groups in total. The lowest BCUT2D eigenvalue weighted by molar-refractivity contribution is -0.144. The predicted octanol–water partition coefficient (Wildman–Crippen LogP) is 3.09. The molecule has 3 rings (SSSR count). The van der Waals surface area contributed by atoms with Crippen molar-refractivity contribution >= 4 is 22.8 Å². The number of aryl methyl sites for hydroxylation is 1. The summed E-state index contributed by atoms with van der Waals surface area (Å²) in [6, 6.07) is 5.92. The fourth-order valence-corrected chi connectivity index (χ4v) is 3.84. The Kier molecular flexibility index (Phi) is 6.90. The number of nitrogens with one attached hydrogen (secondary N) is 1. The molecule has 7 nitrogen and oxygen atoms in total. The van der Waals surface area contributed by atoms with Crippen LogP contribution in [0.2, 0.25) is 0 Å². The second-order valence-corrected chi connectivity index (χ2v) is 7.81. The number of nitrogens with zero attached hydrogens (tertiary/aromatic N) is 3. The number of esters is 1. The number of methoxy groups -OCH3 is 2. The molecule has 1 aliphatic rings. The Morgan fingerprint density at radius 2 is 2.00 bits per heavy atom. The number of anilines is 1. The van der Waals surface area contributed by atoms with Crippen LogP contribution in [0, 0.1) is 12.8 Å². The molecule has 1 aliphatic heterocycles. The molecule has 1 fully saturated rings. The van der Waals surface area contributed by atoms with Gasteiger partial charge in [0.1, 0.15) is 11.8 Å². The highest BCUT2D eigenvalue weighted by Crippen LogP contribution is 2.25. The number of hydrogen-bond donors (Lipinski definition) is 1. The zero-order chi connectivity index (χ0) is 21.0. The first-order valence-electron chi connectivity index (χ1n) is 10.4. The third-order valence-electron chi connectivity index (χ3n) is 5.94. The van der Waals surface area contributed by atoms with Crippen molar-refractivity contribution in [2.75, 3.05) is 32.2 Å². The number of aromatic nitrogens is 2. The molecule has 0 unspecified atom stereocenters. The van der Waals surface area contributed by atoms with Crippen molar-refractivity contribution in [2.45, 2.75) is 52.1 Å². The van der Waals surface area contributed by atoms with Gasteiger partial charge in [0.25, 0.3) is 0 Å². The van der Waals surface area contributed by atoms with Gasteiger partial charge < -0.3 is 19.7 Å². The monoisotopic (exact) mass is 400 g/mol. The number of carbonyl (C=O) groups is 1. The average molecular weight is 401 g/mol. The molecule has 29 heavy (non-hydrogen) atoms. The van der Waals surface area contributed by atoms with Crippen molar-refractivity contribution < 1.29 is 14.3 Å². The van der Waals surface area contributed by atoms with Gasteiger partial charge in [-0.25, -0.2) is 9.97 Å². The molecule has 0 saturated carbocycles.